The lowest BCUT2D eigenvalue weighted by Crippen LogP contribution is -2.36. The van der Waals surface area contributed by atoms with Gasteiger partial charge in [-0.05, 0) is 24.6 Å². The molecule has 2 aliphatic rings. The largest absolute Gasteiger partial charge is 0.378 e. The summed E-state index contributed by atoms with van der Waals surface area (Å²) in [5, 5.41) is 0.902. The average molecular weight is 417 g/mol. The molecule has 31 heavy (non-hydrogen) atoms. The van der Waals surface area contributed by atoms with Gasteiger partial charge < -0.3 is 19.5 Å². The van der Waals surface area contributed by atoms with Crippen LogP contribution in [0.3, 0.4) is 0 Å². The van der Waals surface area contributed by atoms with Crippen molar-refractivity contribution >= 4 is 22.3 Å². The van der Waals surface area contributed by atoms with Crippen LogP contribution in [0.4, 0.5) is 10.1 Å². The Morgan fingerprint density at radius 3 is 2.87 bits per heavy atom. The summed E-state index contributed by atoms with van der Waals surface area (Å²) >= 11 is 0. The first-order valence-corrected chi connectivity index (χ1v) is 10.5. The van der Waals surface area contributed by atoms with Crippen molar-refractivity contribution in [1.82, 2.24) is 14.9 Å². The van der Waals surface area contributed by atoms with Crippen molar-refractivity contribution in [2.75, 3.05) is 31.2 Å². The lowest BCUT2D eigenvalue weighted by atomic mass is 10.0. The lowest BCUT2D eigenvalue weighted by molar-refractivity contribution is 0.122. The molecule has 1 saturated heterocycles. The average Bonchev–Trinajstić information content (AvgIpc) is 3.20. The van der Waals surface area contributed by atoms with Gasteiger partial charge in [0.05, 0.1) is 25.1 Å². The molecule has 5 rings (SSSR count). The van der Waals surface area contributed by atoms with Crippen LogP contribution >= 0.6 is 0 Å². The summed E-state index contributed by atoms with van der Waals surface area (Å²) in [4.78, 5) is 11.8. The van der Waals surface area contributed by atoms with Gasteiger partial charge in [0.25, 0.3) is 0 Å². The number of allylic oxidation sites excluding steroid dienone is 3. The molecule has 1 N–H and O–H groups in total. The van der Waals surface area contributed by atoms with Crippen LogP contribution in [0.1, 0.15) is 16.7 Å². The summed E-state index contributed by atoms with van der Waals surface area (Å²) in [7, 11) is 0. The number of aromatic amines is 1. The third kappa shape index (κ3) is 3.86. The molecule has 1 aromatic carbocycles. The standard InChI is InChI=1S/C25H25FN4O/c1-17-4-3-5-19(10-17)15-30-16-24(26)21(11-18(30)2)23-14-28-25-22(23)12-20(13-27-25)29-6-8-31-9-7-29/h3-5,10-14,16H,2,6-9,15H2,1H3,(H,27,28). The van der Waals surface area contributed by atoms with Gasteiger partial charge in [0, 0.05) is 54.3 Å². The van der Waals surface area contributed by atoms with Crippen LogP contribution in [0.2, 0.25) is 0 Å². The second-order valence-corrected chi connectivity index (χ2v) is 8.03. The molecule has 0 spiro atoms. The van der Waals surface area contributed by atoms with Gasteiger partial charge in [-0.3, -0.25) is 0 Å². The summed E-state index contributed by atoms with van der Waals surface area (Å²) in [5.41, 5.74) is 6.15. The van der Waals surface area contributed by atoms with Gasteiger partial charge in [0.15, 0.2) is 0 Å². The topological polar surface area (TPSA) is 44.4 Å². The fourth-order valence-electron chi connectivity index (χ4n) is 4.18. The van der Waals surface area contributed by atoms with E-state index in [1.807, 2.05) is 35.5 Å². The number of morpholine rings is 1. The Morgan fingerprint density at radius 1 is 1.23 bits per heavy atom. The Balaban J connectivity index is 1.44. The van der Waals surface area contributed by atoms with Crippen molar-refractivity contribution in [1.29, 1.82) is 0 Å². The van der Waals surface area contributed by atoms with Gasteiger partial charge >= 0.3 is 0 Å². The van der Waals surface area contributed by atoms with Gasteiger partial charge in [-0.2, -0.15) is 0 Å². The number of hydrogen-bond donors (Lipinski definition) is 1. The minimum Gasteiger partial charge on any atom is -0.378 e. The molecular weight excluding hydrogens is 391 g/mol. The molecule has 5 nitrogen and oxygen atoms in total. The zero-order valence-corrected chi connectivity index (χ0v) is 17.6. The minimum absolute atomic E-state index is 0.280. The summed E-state index contributed by atoms with van der Waals surface area (Å²) < 4.78 is 20.7. The number of nitrogens with zero attached hydrogens (tertiary/aromatic N) is 3. The minimum atomic E-state index is -0.280. The fourth-order valence-corrected chi connectivity index (χ4v) is 4.18. The maximum Gasteiger partial charge on any atom is 0.147 e. The number of ether oxygens (including phenoxy) is 1. The van der Waals surface area contributed by atoms with E-state index in [4.69, 9.17) is 4.74 Å². The van der Waals surface area contributed by atoms with Crippen molar-refractivity contribution in [2.45, 2.75) is 13.5 Å². The van der Waals surface area contributed by atoms with Crippen molar-refractivity contribution in [3.05, 3.63) is 89.8 Å². The van der Waals surface area contributed by atoms with E-state index >= 15 is 4.39 Å². The van der Waals surface area contributed by atoms with Crippen LogP contribution in [-0.4, -0.2) is 41.2 Å². The van der Waals surface area contributed by atoms with Crippen LogP contribution < -0.4 is 4.90 Å². The SMILES string of the molecule is C=C1C=C(c2c[nH]c3ncc(N4CCOCC4)cc23)C(F)=CN1Cc1cccc(C)c1. The smallest absolute Gasteiger partial charge is 0.147 e. The molecule has 0 amide bonds. The van der Waals surface area contributed by atoms with Gasteiger partial charge in [-0.25, -0.2) is 9.37 Å². The van der Waals surface area contributed by atoms with E-state index in [9.17, 15) is 0 Å². The summed E-state index contributed by atoms with van der Waals surface area (Å²) in [6, 6.07) is 10.3. The summed E-state index contributed by atoms with van der Waals surface area (Å²) in [6.45, 7) is 9.87. The van der Waals surface area contributed by atoms with Crippen molar-refractivity contribution in [3.63, 3.8) is 0 Å². The number of aromatic nitrogens is 2. The molecule has 0 bridgehead atoms. The number of H-pyrrole nitrogens is 1. The van der Waals surface area contributed by atoms with Crippen LogP contribution in [0.5, 0.6) is 0 Å². The van der Waals surface area contributed by atoms with E-state index in [-0.39, 0.29) is 5.83 Å². The monoisotopic (exact) mass is 416 g/mol. The Morgan fingerprint density at radius 2 is 2.06 bits per heavy atom. The fraction of sp³-hybridized carbons (Fsp3) is 0.240. The molecular formula is C25H25FN4O. The number of rotatable bonds is 4. The number of hydrogen-bond acceptors (Lipinski definition) is 4. The van der Waals surface area contributed by atoms with Gasteiger partial charge in [-0.1, -0.05) is 36.4 Å². The molecule has 1 fully saturated rings. The number of fused-ring (bicyclic) bond motifs is 1. The Hall–Kier alpha value is -3.38. The highest BCUT2D eigenvalue weighted by Gasteiger charge is 2.21. The molecule has 3 aromatic rings. The highest BCUT2D eigenvalue weighted by molar-refractivity contribution is 5.96. The molecule has 158 valence electrons. The van der Waals surface area contributed by atoms with E-state index in [1.54, 1.807) is 0 Å². The number of pyridine rings is 1. The molecule has 0 saturated carbocycles. The summed E-state index contributed by atoms with van der Waals surface area (Å²) in [6.07, 6.45) is 7.04. The first-order chi connectivity index (χ1) is 15.1. The van der Waals surface area contributed by atoms with E-state index in [0.29, 0.717) is 25.3 Å². The molecule has 2 aliphatic heterocycles. The predicted octanol–water partition coefficient (Wildman–Crippen LogP) is 4.93. The Labute approximate surface area is 181 Å². The van der Waals surface area contributed by atoms with Gasteiger partial charge in [-0.15, -0.1) is 0 Å². The van der Waals surface area contributed by atoms with E-state index in [2.05, 4.69) is 46.6 Å². The van der Waals surface area contributed by atoms with E-state index in [0.717, 1.165) is 46.6 Å². The number of aryl methyl sites for hydroxylation is 1. The number of nitrogens with one attached hydrogen (secondary N) is 1. The summed E-state index contributed by atoms with van der Waals surface area (Å²) in [5.74, 6) is -0.280. The third-order valence-corrected chi connectivity index (χ3v) is 5.82. The molecule has 0 radical (unpaired) electrons. The molecule has 0 atom stereocenters. The first kappa shape index (κ1) is 19.6. The number of benzene rings is 1. The third-order valence-electron chi connectivity index (χ3n) is 5.82. The maximum absolute atomic E-state index is 15.2. The number of halogens is 1. The Bertz CT molecular complexity index is 1200. The molecule has 4 heterocycles. The van der Waals surface area contributed by atoms with Crippen molar-refractivity contribution in [2.24, 2.45) is 0 Å². The first-order valence-electron chi connectivity index (χ1n) is 10.5. The highest BCUT2D eigenvalue weighted by atomic mass is 19.1. The van der Waals surface area contributed by atoms with Crippen molar-refractivity contribution < 1.29 is 9.13 Å². The van der Waals surface area contributed by atoms with Gasteiger partial charge in [0.1, 0.15) is 11.5 Å². The Kier molecular flexibility index (Phi) is 5.08. The van der Waals surface area contributed by atoms with Crippen LogP contribution in [0.25, 0.3) is 16.6 Å². The molecule has 6 heteroatoms. The second-order valence-electron chi connectivity index (χ2n) is 8.03. The van der Waals surface area contributed by atoms with E-state index < -0.39 is 0 Å². The molecule has 0 unspecified atom stereocenters. The maximum atomic E-state index is 15.2. The highest BCUT2D eigenvalue weighted by Crippen LogP contribution is 2.36. The number of anilines is 1. The predicted molar refractivity (Wildman–Crippen MR) is 122 cm³/mol. The zero-order chi connectivity index (χ0) is 21.4. The quantitative estimate of drug-likeness (QED) is 0.655. The van der Waals surface area contributed by atoms with Crippen LogP contribution in [0.15, 0.2) is 73.1 Å². The molecule has 2 aromatic heterocycles. The van der Waals surface area contributed by atoms with Crippen molar-refractivity contribution in [3.8, 4) is 0 Å². The van der Waals surface area contributed by atoms with Crippen LogP contribution in [-0.2, 0) is 11.3 Å². The zero-order valence-electron chi connectivity index (χ0n) is 17.6. The van der Waals surface area contributed by atoms with Crippen LogP contribution in [0, 0.1) is 6.92 Å². The molecule has 0 aliphatic carbocycles. The lowest BCUT2D eigenvalue weighted by Gasteiger charge is -2.28. The normalized spacial score (nSPS) is 17.2. The van der Waals surface area contributed by atoms with E-state index in [1.165, 1.54) is 11.8 Å². The second kappa shape index (κ2) is 8.04. The van der Waals surface area contributed by atoms with Gasteiger partial charge in [0.2, 0.25) is 0 Å².